The molecule has 0 bridgehead atoms. The van der Waals surface area contributed by atoms with Crippen molar-refractivity contribution in [2.75, 3.05) is 40.1 Å². The number of aliphatic carboxylic acids is 1. The van der Waals surface area contributed by atoms with Gasteiger partial charge in [-0.15, -0.1) is 0 Å². The molecule has 26 heavy (non-hydrogen) atoms. The van der Waals surface area contributed by atoms with E-state index in [0.717, 1.165) is 6.42 Å². The second-order valence-electron chi connectivity index (χ2n) is 7.88. The molecule has 0 aliphatic heterocycles. The van der Waals surface area contributed by atoms with Crippen molar-refractivity contribution in [1.29, 1.82) is 0 Å². The molecule has 0 aromatic carbocycles. The van der Waals surface area contributed by atoms with Crippen LogP contribution in [0.4, 0.5) is 0 Å². The molecule has 0 heterocycles. The fraction of sp³-hybridized carbons (Fsp3) is 0.952. The highest BCUT2D eigenvalue weighted by Crippen LogP contribution is 2.12. The summed E-state index contributed by atoms with van der Waals surface area (Å²) in [5.74, 6) is -1.07. The monoisotopic (exact) mass is 373 g/mol. The van der Waals surface area contributed by atoms with Gasteiger partial charge in [-0.3, -0.25) is 4.48 Å². The molecule has 0 rings (SSSR count). The fourth-order valence-corrected chi connectivity index (χ4v) is 3.28. The van der Waals surface area contributed by atoms with E-state index in [9.17, 15) is 9.90 Å². The third-order valence-corrected chi connectivity index (χ3v) is 4.91. The number of likely N-dealkylation sites (N-methyl/N-ethyl adjacent to an activating group) is 1. The number of aliphatic hydroxyl groups is 1. The van der Waals surface area contributed by atoms with Crippen LogP contribution in [0.15, 0.2) is 0 Å². The van der Waals surface area contributed by atoms with Gasteiger partial charge in [0.1, 0.15) is 6.54 Å². The summed E-state index contributed by atoms with van der Waals surface area (Å²) >= 11 is 0. The molecule has 0 saturated carbocycles. The average molecular weight is 374 g/mol. The van der Waals surface area contributed by atoms with Crippen LogP contribution in [0.2, 0.25) is 0 Å². The second kappa shape index (κ2) is 17.7. The Bertz CT molecular complexity index is 325. The van der Waals surface area contributed by atoms with Gasteiger partial charge in [0.15, 0.2) is 6.73 Å². The number of hydrogen-bond acceptors (Lipinski definition) is 4. The minimum absolute atomic E-state index is 0.0691. The van der Waals surface area contributed by atoms with Crippen LogP contribution < -0.4 is 5.11 Å². The van der Waals surface area contributed by atoms with Gasteiger partial charge in [0.25, 0.3) is 0 Å². The van der Waals surface area contributed by atoms with E-state index in [2.05, 4.69) is 6.92 Å². The van der Waals surface area contributed by atoms with Gasteiger partial charge >= 0.3 is 0 Å². The molecule has 5 nitrogen and oxygen atoms in total. The molecule has 1 N–H and O–H groups in total. The third kappa shape index (κ3) is 16.8. The normalized spacial score (nSPS) is 13.7. The van der Waals surface area contributed by atoms with Gasteiger partial charge in [0, 0.05) is 13.0 Å². The van der Waals surface area contributed by atoms with Crippen molar-refractivity contribution in [2.24, 2.45) is 0 Å². The van der Waals surface area contributed by atoms with E-state index in [1.165, 1.54) is 70.6 Å². The number of carboxylic acid groups (broad SMARTS) is 1. The zero-order chi connectivity index (χ0) is 19.5. The number of nitrogens with zero attached hydrogens (tertiary/aromatic N) is 1. The van der Waals surface area contributed by atoms with Crippen LogP contribution >= 0.6 is 0 Å². The number of quaternary nitrogens is 1. The number of unbranched alkanes of at least 4 members (excludes halogenated alkanes) is 11. The molecule has 0 aromatic rings. The van der Waals surface area contributed by atoms with E-state index in [0.29, 0.717) is 26.3 Å². The minimum Gasteiger partial charge on any atom is -0.544 e. The van der Waals surface area contributed by atoms with Gasteiger partial charge in [-0.1, -0.05) is 77.6 Å². The summed E-state index contributed by atoms with van der Waals surface area (Å²) in [7, 11) is 1.84. The lowest BCUT2D eigenvalue weighted by Crippen LogP contribution is -2.53. The summed E-state index contributed by atoms with van der Waals surface area (Å²) in [5.41, 5.74) is 0. The molecule has 0 saturated heterocycles. The van der Waals surface area contributed by atoms with E-state index >= 15 is 0 Å². The number of rotatable bonds is 20. The fourth-order valence-electron chi connectivity index (χ4n) is 3.28. The Balaban J connectivity index is 3.48. The van der Waals surface area contributed by atoms with E-state index in [1.54, 1.807) is 0 Å². The molecule has 156 valence electrons. The molecule has 0 aliphatic carbocycles. The Kier molecular flexibility index (Phi) is 17.3. The van der Waals surface area contributed by atoms with Crippen LogP contribution in [-0.4, -0.2) is 55.6 Å². The number of hydrogen-bond donors (Lipinski definition) is 1. The molecule has 0 amide bonds. The molecule has 5 heteroatoms. The highest BCUT2D eigenvalue weighted by molar-refractivity contribution is 5.65. The molecule has 0 fully saturated rings. The van der Waals surface area contributed by atoms with Crippen molar-refractivity contribution < 1.29 is 24.2 Å². The molecule has 0 aromatic heterocycles. The zero-order valence-electron chi connectivity index (χ0n) is 17.3. The van der Waals surface area contributed by atoms with Crippen LogP contribution in [0, 0.1) is 0 Å². The Morgan fingerprint density at radius 3 is 1.85 bits per heavy atom. The first-order valence-electron chi connectivity index (χ1n) is 10.8. The Hall–Kier alpha value is -0.650. The Labute approximate surface area is 161 Å². The van der Waals surface area contributed by atoms with Gasteiger partial charge < -0.3 is 19.7 Å². The number of aliphatic hydroxyl groups excluding tert-OH is 1. The van der Waals surface area contributed by atoms with Crippen LogP contribution in [0.5, 0.6) is 0 Å². The highest BCUT2D eigenvalue weighted by Gasteiger charge is 2.21. The molecule has 0 radical (unpaired) electrons. The van der Waals surface area contributed by atoms with E-state index in [4.69, 9.17) is 9.84 Å². The number of carboxylic acids is 1. The predicted molar refractivity (Wildman–Crippen MR) is 105 cm³/mol. The summed E-state index contributed by atoms with van der Waals surface area (Å²) in [5, 5.41) is 19.8. The van der Waals surface area contributed by atoms with Crippen molar-refractivity contribution in [3.05, 3.63) is 0 Å². The molecule has 0 spiro atoms. The topological polar surface area (TPSA) is 69.6 Å². The smallest absolute Gasteiger partial charge is 0.183 e. The van der Waals surface area contributed by atoms with E-state index in [1.807, 2.05) is 7.05 Å². The van der Waals surface area contributed by atoms with Crippen molar-refractivity contribution in [3.8, 4) is 0 Å². The van der Waals surface area contributed by atoms with Gasteiger partial charge in [-0.05, 0) is 6.42 Å². The molecule has 1 unspecified atom stereocenters. The summed E-state index contributed by atoms with van der Waals surface area (Å²) in [6.45, 7) is 3.89. The lowest BCUT2D eigenvalue weighted by molar-refractivity contribution is -0.923. The number of carbonyl (C=O) groups excluding carboxylic acids is 1. The zero-order valence-corrected chi connectivity index (χ0v) is 17.3. The van der Waals surface area contributed by atoms with Gasteiger partial charge in [0.2, 0.25) is 0 Å². The molecular formula is C21H43NO4. The molecule has 0 aliphatic rings. The standard InChI is InChI=1S/C21H43NO4/c1-3-4-5-6-7-8-9-10-11-12-13-14-18-26-20-22(2,16-15-17-23)19-21(24)25/h23H,3-20H2,1-2H3. The Morgan fingerprint density at radius 2 is 1.38 bits per heavy atom. The lowest BCUT2D eigenvalue weighted by atomic mass is 10.1. The summed E-state index contributed by atoms with van der Waals surface area (Å²) in [4.78, 5) is 10.9. The van der Waals surface area contributed by atoms with Crippen LogP contribution in [0.3, 0.4) is 0 Å². The van der Waals surface area contributed by atoms with Crippen LogP contribution in [0.25, 0.3) is 0 Å². The van der Waals surface area contributed by atoms with Crippen LogP contribution in [-0.2, 0) is 9.53 Å². The van der Waals surface area contributed by atoms with Crippen molar-refractivity contribution in [2.45, 2.75) is 90.4 Å². The SMILES string of the molecule is CCCCCCCCCCCCCCOC[N+](C)(CCCO)CC(=O)[O-]. The van der Waals surface area contributed by atoms with E-state index < -0.39 is 5.97 Å². The van der Waals surface area contributed by atoms with Crippen molar-refractivity contribution >= 4 is 5.97 Å². The van der Waals surface area contributed by atoms with Gasteiger partial charge in [0.05, 0.1) is 26.2 Å². The third-order valence-electron chi connectivity index (χ3n) is 4.91. The van der Waals surface area contributed by atoms with E-state index in [-0.39, 0.29) is 17.6 Å². The first-order valence-corrected chi connectivity index (χ1v) is 10.8. The Morgan fingerprint density at radius 1 is 0.885 bits per heavy atom. The lowest BCUT2D eigenvalue weighted by Gasteiger charge is -2.34. The second-order valence-corrected chi connectivity index (χ2v) is 7.88. The summed E-state index contributed by atoms with van der Waals surface area (Å²) in [6.07, 6.45) is 16.3. The quantitative estimate of drug-likeness (QED) is 0.202. The predicted octanol–water partition coefficient (Wildman–Crippen LogP) is 3.24. The summed E-state index contributed by atoms with van der Waals surface area (Å²) < 4.78 is 5.95. The number of carbonyl (C=O) groups is 1. The molecule has 1 atom stereocenters. The largest absolute Gasteiger partial charge is 0.544 e. The highest BCUT2D eigenvalue weighted by atomic mass is 16.5. The maximum atomic E-state index is 10.9. The average Bonchev–Trinajstić information content (AvgIpc) is 2.60. The first-order chi connectivity index (χ1) is 12.5. The number of ether oxygens (including phenoxy) is 1. The maximum Gasteiger partial charge on any atom is 0.183 e. The van der Waals surface area contributed by atoms with Gasteiger partial charge in [-0.25, -0.2) is 0 Å². The maximum absolute atomic E-state index is 10.9. The van der Waals surface area contributed by atoms with Gasteiger partial charge in [-0.2, -0.15) is 0 Å². The van der Waals surface area contributed by atoms with Crippen molar-refractivity contribution in [3.63, 3.8) is 0 Å². The molecular weight excluding hydrogens is 330 g/mol. The van der Waals surface area contributed by atoms with Crippen molar-refractivity contribution in [1.82, 2.24) is 0 Å². The summed E-state index contributed by atoms with van der Waals surface area (Å²) in [6, 6.07) is 0. The first kappa shape index (κ1) is 25.4. The minimum atomic E-state index is -1.07. The van der Waals surface area contributed by atoms with Crippen LogP contribution in [0.1, 0.15) is 90.4 Å².